The highest BCUT2D eigenvalue weighted by Gasteiger charge is 2.62. The van der Waals surface area contributed by atoms with Crippen molar-refractivity contribution in [2.75, 3.05) is 0 Å². The maximum atomic E-state index is 13.3. The van der Waals surface area contributed by atoms with Crippen molar-refractivity contribution in [3.05, 3.63) is 20.8 Å². The van der Waals surface area contributed by atoms with Crippen molar-refractivity contribution < 1.29 is 15.0 Å². The number of carbonyl (C=O) groups is 1. The molecule has 5 rings (SSSR count). The summed E-state index contributed by atoms with van der Waals surface area (Å²) in [6.45, 7) is 11.6. The van der Waals surface area contributed by atoms with Crippen molar-refractivity contribution in [3.8, 4) is 0 Å². The molecule has 0 bridgehead atoms. The van der Waals surface area contributed by atoms with E-state index in [4.69, 9.17) is 0 Å². The van der Waals surface area contributed by atoms with E-state index in [1.807, 2.05) is 0 Å². The molecule has 1 amide bonds. The topological polar surface area (TPSA) is 69.6 Å². The molecule has 4 aliphatic carbocycles. The van der Waals surface area contributed by atoms with Crippen LogP contribution in [0.5, 0.6) is 0 Å². The number of aliphatic hydroxyl groups excluding tert-OH is 2. The first kappa shape index (κ1) is 28.1. The molecule has 0 saturated heterocycles. The monoisotopic (exact) mass is 593 g/mol. The molecule has 2 unspecified atom stereocenters. The van der Waals surface area contributed by atoms with Crippen LogP contribution in [0.2, 0.25) is 0 Å². The first-order chi connectivity index (χ1) is 17.4. The van der Waals surface area contributed by atoms with Crippen LogP contribution in [0.4, 0.5) is 0 Å². The summed E-state index contributed by atoms with van der Waals surface area (Å²) >= 11 is 5.28. The predicted octanol–water partition coefficient (Wildman–Crippen LogP) is 7.34. The van der Waals surface area contributed by atoms with E-state index in [1.54, 1.807) is 11.3 Å². The van der Waals surface area contributed by atoms with Gasteiger partial charge in [-0.3, -0.25) is 4.79 Å². The van der Waals surface area contributed by atoms with Gasteiger partial charge in [0.15, 0.2) is 0 Å². The molecule has 4 nitrogen and oxygen atoms in total. The first-order valence-corrected chi connectivity index (χ1v) is 16.5. The second kappa shape index (κ2) is 10.5. The summed E-state index contributed by atoms with van der Waals surface area (Å²) in [5.41, 5.74) is 0.464. The number of amides is 1. The van der Waals surface area contributed by atoms with Crippen molar-refractivity contribution in [1.82, 2.24) is 5.32 Å². The van der Waals surface area contributed by atoms with Crippen molar-refractivity contribution in [1.29, 1.82) is 0 Å². The highest BCUT2D eigenvalue weighted by atomic mass is 79.9. The van der Waals surface area contributed by atoms with Gasteiger partial charge >= 0.3 is 0 Å². The summed E-state index contributed by atoms with van der Waals surface area (Å²) in [4.78, 5) is 14.5. The fourth-order valence-corrected chi connectivity index (χ4v) is 11.6. The molecule has 1 heterocycles. The van der Waals surface area contributed by atoms with Crippen LogP contribution in [0.25, 0.3) is 0 Å². The molecular formula is C31H48BrNO3S. The fraction of sp³-hybridized carbons (Fsp3) is 0.839. The number of nitrogens with one attached hydrogen (secondary N) is 1. The zero-order chi connectivity index (χ0) is 26.7. The van der Waals surface area contributed by atoms with E-state index in [9.17, 15) is 15.0 Å². The Morgan fingerprint density at radius 2 is 1.76 bits per heavy atom. The molecule has 0 radical (unpaired) electrons. The third-order valence-corrected chi connectivity index (χ3v) is 13.5. The van der Waals surface area contributed by atoms with Crippen molar-refractivity contribution >= 4 is 33.2 Å². The summed E-state index contributed by atoms with van der Waals surface area (Å²) in [6.07, 6.45) is 8.67. The molecule has 0 aromatic carbocycles. The van der Waals surface area contributed by atoms with Gasteiger partial charge in [0.1, 0.15) is 0 Å². The Morgan fingerprint density at radius 1 is 1.05 bits per heavy atom. The van der Waals surface area contributed by atoms with Crippen LogP contribution in [0.1, 0.15) is 103 Å². The standard InChI is InChI=1S/C31H48BrNO3S/c1-17(2)29(25-8-9-26(32)37-25)33-27(36)14-18(3)21-6-7-22-28-23(11-13-31(21,22)5)30(4)12-10-20(34)15-19(30)16-24(28)35/h8-9,17-24,28-29,34-35H,6-7,10-16H2,1-5H3,(H,33,36)/t18-,19+,20-,21?,22+,23+,24-,28+,29?,30+,31-/m1/s1. The minimum absolute atomic E-state index is 0.0541. The molecule has 6 heteroatoms. The molecule has 4 fully saturated rings. The molecule has 1 aromatic rings. The number of rotatable bonds is 6. The number of carbonyl (C=O) groups excluding carboxylic acids is 1. The molecule has 37 heavy (non-hydrogen) atoms. The third kappa shape index (κ3) is 5.00. The largest absolute Gasteiger partial charge is 0.393 e. The van der Waals surface area contributed by atoms with Crippen LogP contribution < -0.4 is 5.32 Å². The lowest BCUT2D eigenvalue weighted by molar-refractivity contribution is -0.174. The number of hydrogen-bond donors (Lipinski definition) is 3. The normalized spacial score (nSPS) is 43.0. The summed E-state index contributed by atoms with van der Waals surface area (Å²) < 4.78 is 1.10. The van der Waals surface area contributed by atoms with Gasteiger partial charge in [-0.15, -0.1) is 11.3 Å². The zero-order valence-electron chi connectivity index (χ0n) is 23.4. The van der Waals surface area contributed by atoms with Crippen LogP contribution in [0, 0.1) is 52.3 Å². The predicted molar refractivity (Wildman–Crippen MR) is 154 cm³/mol. The second-order valence-corrected chi connectivity index (χ2v) is 16.6. The van der Waals surface area contributed by atoms with Gasteiger partial charge in [-0.25, -0.2) is 0 Å². The van der Waals surface area contributed by atoms with Gasteiger partial charge in [0.05, 0.1) is 22.0 Å². The average molecular weight is 595 g/mol. The number of thiophene rings is 1. The summed E-state index contributed by atoms with van der Waals surface area (Å²) in [6, 6.07) is 4.24. The van der Waals surface area contributed by atoms with E-state index in [-0.39, 0.29) is 35.0 Å². The van der Waals surface area contributed by atoms with E-state index in [0.29, 0.717) is 47.8 Å². The quantitative estimate of drug-likeness (QED) is 0.323. The average Bonchev–Trinajstić information content (AvgIpc) is 3.41. The molecule has 0 aliphatic heterocycles. The molecule has 1 aromatic heterocycles. The molecular weight excluding hydrogens is 546 g/mol. The second-order valence-electron chi connectivity index (χ2n) is 14.1. The van der Waals surface area contributed by atoms with Crippen LogP contribution >= 0.6 is 27.3 Å². The molecule has 4 aliphatic rings. The van der Waals surface area contributed by atoms with Gasteiger partial charge < -0.3 is 15.5 Å². The smallest absolute Gasteiger partial charge is 0.220 e. The first-order valence-electron chi connectivity index (χ1n) is 14.8. The van der Waals surface area contributed by atoms with Crippen LogP contribution in [0.3, 0.4) is 0 Å². The number of fused-ring (bicyclic) bond motifs is 5. The Bertz CT molecular complexity index is 981. The van der Waals surface area contributed by atoms with E-state index in [0.717, 1.165) is 29.5 Å². The van der Waals surface area contributed by atoms with Gasteiger partial charge in [0.2, 0.25) is 5.91 Å². The zero-order valence-corrected chi connectivity index (χ0v) is 25.8. The van der Waals surface area contributed by atoms with Crippen LogP contribution in [0.15, 0.2) is 15.9 Å². The molecule has 0 spiro atoms. The van der Waals surface area contributed by atoms with E-state index >= 15 is 0 Å². The van der Waals surface area contributed by atoms with Crippen LogP contribution in [-0.2, 0) is 4.79 Å². The van der Waals surface area contributed by atoms with Crippen molar-refractivity contribution in [3.63, 3.8) is 0 Å². The lowest BCUT2D eigenvalue weighted by atomic mass is 9.43. The highest BCUT2D eigenvalue weighted by Crippen LogP contribution is 2.68. The third-order valence-electron chi connectivity index (χ3n) is 11.8. The lowest BCUT2D eigenvalue weighted by Crippen LogP contribution is -2.58. The maximum absolute atomic E-state index is 13.3. The van der Waals surface area contributed by atoms with Gasteiger partial charge in [0, 0.05) is 11.3 Å². The molecule has 4 saturated carbocycles. The number of aliphatic hydroxyl groups is 2. The van der Waals surface area contributed by atoms with Gasteiger partial charge in [-0.2, -0.15) is 0 Å². The molecule has 208 valence electrons. The Kier molecular flexibility index (Phi) is 7.99. The van der Waals surface area contributed by atoms with E-state index in [2.05, 4.69) is 68.0 Å². The maximum Gasteiger partial charge on any atom is 0.220 e. The van der Waals surface area contributed by atoms with E-state index < -0.39 is 0 Å². The lowest BCUT2D eigenvalue weighted by Gasteiger charge is -2.62. The minimum atomic E-state index is -0.243. The molecule has 3 N–H and O–H groups in total. The van der Waals surface area contributed by atoms with Gasteiger partial charge in [0.25, 0.3) is 0 Å². The minimum Gasteiger partial charge on any atom is -0.393 e. The van der Waals surface area contributed by atoms with E-state index in [1.165, 1.54) is 30.6 Å². The Balaban J connectivity index is 1.27. The Labute approximate surface area is 236 Å². The SMILES string of the molecule is CC(C)C(NC(=O)C[C@@H](C)C1CC[C@H]2[C@@H]3[C@H](O)C[C@@H]4C[C@H](O)CC[C@]4(C)[C@H]3CC[C@]12C)c1ccc(Br)s1. The molecule has 11 atom stereocenters. The summed E-state index contributed by atoms with van der Waals surface area (Å²) in [5.74, 6) is 3.33. The van der Waals surface area contributed by atoms with Gasteiger partial charge in [-0.1, -0.05) is 34.6 Å². The summed E-state index contributed by atoms with van der Waals surface area (Å²) in [7, 11) is 0. The van der Waals surface area contributed by atoms with Crippen molar-refractivity contribution in [2.45, 2.75) is 111 Å². The van der Waals surface area contributed by atoms with Crippen molar-refractivity contribution in [2.24, 2.45) is 52.3 Å². The Morgan fingerprint density at radius 3 is 2.43 bits per heavy atom. The van der Waals surface area contributed by atoms with Crippen LogP contribution in [-0.4, -0.2) is 28.3 Å². The van der Waals surface area contributed by atoms with Gasteiger partial charge in [-0.05, 0) is 132 Å². The number of hydrogen-bond acceptors (Lipinski definition) is 4. The summed E-state index contributed by atoms with van der Waals surface area (Å²) in [5, 5.41) is 25.2. The fourth-order valence-electron chi connectivity index (χ4n) is 9.90. The Hall–Kier alpha value is -0.430. The number of halogens is 1. The highest BCUT2D eigenvalue weighted by molar-refractivity contribution is 9.11.